The van der Waals surface area contributed by atoms with Gasteiger partial charge in [0.25, 0.3) is 5.91 Å². The maximum Gasteiger partial charge on any atom is 0.257 e. The average Bonchev–Trinajstić information content (AvgIpc) is 2.60. The van der Waals surface area contributed by atoms with Gasteiger partial charge in [0.05, 0.1) is 4.90 Å². The number of amides is 1. The number of rotatable bonds is 6. The van der Waals surface area contributed by atoms with Crippen molar-refractivity contribution in [1.82, 2.24) is 10.0 Å². The number of nitrogens with one attached hydrogen (secondary N) is 3. The molecule has 138 valence electrons. The first-order valence-corrected chi connectivity index (χ1v) is 10.1. The molecular formula is C17H18ClN3O3S2. The van der Waals surface area contributed by atoms with E-state index in [0.717, 1.165) is 0 Å². The summed E-state index contributed by atoms with van der Waals surface area (Å²) in [5.74, 6) is -0.395. The SMILES string of the molecule is CCCNS(=O)(=O)c1ccc(NC(=S)NC(=O)c2cccc(Cl)c2)cc1. The molecule has 3 N–H and O–H groups in total. The molecule has 26 heavy (non-hydrogen) atoms. The Labute approximate surface area is 163 Å². The van der Waals surface area contributed by atoms with Gasteiger partial charge in [-0.25, -0.2) is 13.1 Å². The van der Waals surface area contributed by atoms with Gasteiger partial charge in [0.1, 0.15) is 0 Å². The van der Waals surface area contributed by atoms with Crippen LogP contribution in [-0.2, 0) is 10.0 Å². The van der Waals surface area contributed by atoms with E-state index in [1.54, 1.807) is 30.3 Å². The lowest BCUT2D eigenvalue weighted by Crippen LogP contribution is -2.34. The quantitative estimate of drug-likeness (QED) is 0.635. The Balaban J connectivity index is 1.98. The van der Waals surface area contributed by atoms with Crippen LogP contribution in [0.2, 0.25) is 5.02 Å². The summed E-state index contributed by atoms with van der Waals surface area (Å²) in [6, 6.07) is 12.5. The molecule has 9 heteroatoms. The molecular weight excluding hydrogens is 394 g/mol. The standard InChI is InChI=1S/C17H18ClN3O3S2/c1-2-10-19-26(23,24)15-8-6-14(7-9-15)20-17(25)21-16(22)12-4-3-5-13(18)11-12/h3-9,11,19H,2,10H2,1H3,(H2,20,21,22,25). The van der Waals surface area contributed by atoms with Gasteiger partial charge in [-0.05, 0) is 61.1 Å². The molecule has 0 unspecified atom stereocenters. The molecule has 1 amide bonds. The largest absolute Gasteiger partial charge is 0.332 e. The second-order valence-corrected chi connectivity index (χ2v) is 7.95. The van der Waals surface area contributed by atoms with Crippen molar-refractivity contribution in [3.05, 3.63) is 59.1 Å². The zero-order valence-corrected chi connectivity index (χ0v) is 16.3. The molecule has 2 aromatic rings. The van der Waals surface area contributed by atoms with E-state index in [2.05, 4.69) is 15.4 Å². The maximum atomic E-state index is 12.1. The van der Waals surface area contributed by atoms with E-state index in [9.17, 15) is 13.2 Å². The van der Waals surface area contributed by atoms with Gasteiger partial charge in [-0.3, -0.25) is 10.1 Å². The lowest BCUT2D eigenvalue weighted by molar-refractivity contribution is 0.0977. The van der Waals surface area contributed by atoms with E-state index in [1.165, 1.54) is 18.2 Å². The molecule has 0 aliphatic rings. The predicted molar refractivity (Wildman–Crippen MR) is 107 cm³/mol. The fourth-order valence-electron chi connectivity index (χ4n) is 2.00. The lowest BCUT2D eigenvalue weighted by atomic mass is 10.2. The van der Waals surface area contributed by atoms with Gasteiger partial charge >= 0.3 is 0 Å². The second-order valence-electron chi connectivity index (χ2n) is 5.34. The molecule has 0 aliphatic carbocycles. The number of sulfonamides is 1. The summed E-state index contributed by atoms with van der Waals surface area (Å²) in [4.78, 5) is 12.3. The van der Waals surface area contributed by atoms with Crippen LogP contribution in [0.4, 0.5) is 5.69 Å². The van der Waals surface area contributed by atoms with Crippen molar-refractivity contribution in [1.29, 1.82) is 0 Å². The number of anilines is 1. The Morgan fingerprint density at radius 1 is 1.15 bits per heavy atom. The molecule has 2 aromatic carbocycles. The van der Waals surface area contributed by atoms with E-state index in [0.29, 0.717) is 29.2 Å². The zero-order valence-electron chi connectivity index (χ0n) is 14.0. The molecule has 0 aromatic heterocycles. The van der Waals surface area contributed by atoms with Crippen molar-refractivity contribution in [3.8, 4) is 0 Å². The Morgan fingerprint density at radius 3 is 2.46 bits per heavy atom. The summed E-state index contributed by atoms with van der Waals surface area (Å²) in [6.45, 7) is 2.26. The van der Waals surface area contributed by atoms with Gasteiger partial charge in [0, 0.05) is 22.8 Å². The number of carbonyl (C=O) groups is 1. The minimum absolute atomic E-state index is 0.0923. The summed E-state index contributed by atoms with van der Waals surface area (Å²) in [5.41, 5.74) is 0.931. The van der Waals surface area contributed by atoms with Crippen molar-refractivity contribution in [2.45, 2.75) is 18.2 Å². The molecule has 0 heterocycles. The van der Waals surface area contributed by atoms with Crippen LogP contribution in [0, 0.1) is 0 Å². The molecule has 0 fully saturated rings. The second kappa shape index (κ2) is 9.09. The number of halogens is 1. The van der Waals surface area contributed by atoms with Crippen LogP contribution >= 0.6 is 23.8 Å². The topological polar surface area (TPSA) is 87.3 Å². The first-order chi connectivity index (χ1) is 12.3. The normalized spacial score (nSPS) is 11.0. The fraction of sp³-hybridized carbons (Fsp3) is 0.176. The Hall–Kier alpha value is -2.00. The van der Waals surface area contributed by atoms with Crippen LogP contribution in [0.25, 0.3) is 0 Å². The summed E-state index contributed by atoms with van der Waals surface area (Å²) in [5, 5.41) is 5.91. The molecule has 0 bridgehead atoms. The van der Waals surface area contributed by atoms with Crippen LogP contribution in [0.1, 0.15) is 23.7 Å². The van der Waals surface area contributed by atoms with Crippen molar-refractivity contribution in [3.63, 3.8) is 0 Å². The molecule has 0 atom stereocenters. The fourth-order valence-corrected chi connectivity index (χ4v) is 3.54. The third kappa shape index (κ3) is 5.77. The van der Waals surface area contributed by atoms with Gasteiger partial charge in [-0.15, -0.1) is 0 Å². The van der Waals surface area contributed by atoms with Crippen LogP contribution in [0.5, 0.6) is 0 Å². The molecule has 0 spiro atoms. The average molecular weight is 412 g/mol. The minimum atomic E-state index is -3.52. The molecule has 0 saturated heterocycles. The molecule has 0 radical (unpaired) electrons. The molecule has 0 aliphatic heterocycles. The summed E-state index contributed by atoms with van der Waals surface area (Å²) >= 11 is 11.0. The smallest absolute Gasteiger partial charge is 0.257 e. The van der Waals surface area contributed by atoms with Gasteiger partial charge < -0.3 is 5.32 Å². The monoisotopic (exact) mass is 411 g/mol. The van der Waals surface area contributed by atoms with E-state index in [1.807, 2.05) is 6.92 Å². The highest BCUT2D eigenvalue weighted by Crippen LogP contribution is 2.14. The minimum Gasteiger partial charge on any atom is -0.332 e. The summed E-state index contributed by atoms with van der Waals surface area (Å²) in [7, 11) is -3.52. The number of carbonyl (C=O) groups excluding carboxylic acids is 1. The maximum absolute atomic E-state index is 12.1. The Morgan fingerprint density at radius 2 is 1.85 bits per heavy atom. The van der Waals surface area contributed by atoms with Crippen molar-refractivity contribution >= 4 is 50.5 Å². The van der Waals surface area contributed by atoms with Gasteiger partial charge in [-0.1, -0.05) is 24.6 Å². The van der Waals surface area contributed by atoms with Crippen LogP contribution < -0.4 is 15.4 Å². The number of benzene rings is 2. The first kappa shape index (κ1) is 20.3. The molecule has 6 nitrogen and oxygen atoms in total. The van der Waals surface area contributed by atoms with Crippen LogP contribution in [0.15, 0.2) is 53.4 Å². The third-order valence-electron chi connectivity index (χ3n) is 3.28. The van der Waals surface area contributed by atoms with Crippen LogP contribution in [-0.4, -0.2) is 26.0 Å². The van der Waals surface area contributed by atoms with E-state index < -0.39 is 15.9 Å². The van der Waals surface area contributed by atoms with E-state index >= 15 is 0 Å². The Bertz CT molecular complexity index is 900. The molecule has 0 saturated carbocycles. The predicted octanol–water partition coefficient (Wildman–Crippen LogP) is 3.16. The van der Waals surface area contributed by atoms with E-state index in [-0.39, 0.29) is 10.0 Å². The van der Waals surface area contributed by atoms with E-state index in [4.69, 9.17) is 23.8 Å². The Kier molecular flexibility index (Phi) is 7.10. The van der Waals surface area contributed by atoms with Gasteiger partial charge in [-0.2, -0.15) is 0 Å². The zero-order chi connectivity index (χ0) is 19.2. The lowest BCUT2D eigenvalue weighted by Gasteiger charge is -2.11. The number of hydrogen-bond acceptors (Lipinski definition) is 4. The number of hydrogen-bond donors (Lipinski definition) is 3. The van der Waals surface area contributed by atoms with Crippen LogP contribution in [0.3, 0.4) is 0 Å². The molecule has 2 rings (SSSR count). The van der Waals surface area contributed by atoms with Crippen molar-refractivity contribution in [2.24, 2.45) is 0 Å². The van der Waals surface area contributed by atoms with Gasteiger partial charge in [0.2, 0.25) is 10.0 Å². The first-order valence-electron chi connectivity index (χ1n) is 7.79. The number of thiocarbonyl (C=S) groups is 1. The third-order valence-corrected chi connectivity index (χ3v) is 5.19. The van der Waals surface area contributed by atoms with Gasteiger partial charge in [0.15, 0.2) is 5.11 Å². The van der Waals surface area contributed by atoms with Crippen molar-refractivity contribution < 1.29 is 13.2 Å². The highest BCUT2D eigenvalue weighted by Gasteiger charge is 2.13. The highest BCUT2D eigenvalue weighted by atomic mass is 35.5. The van der Waals surface area contributed by atoms with Crippen molar-refractivity contribution in [2.75, 3.05) is 11.9 Å². The highest BCUT2D eigenvalue weighted by molar-refractivity contribution is 7.89. The summed E-state index contributed by atoms with van der Waals surface area (Å²) in [6.07, 6.45) is 0.708. The summed E-state index contributed by atoms with van der Waals surface area (Å²) < 4.78 is 26.6.